The SMILES string of the molecule is CCC1CCCC(OC2(CNC(C)(C)C)CCCCC2)C1. The second-order valence-corrected chi connectivity index (χ2v) is 8.53. The van der Waals surface area contributed by atoms with E-state index in [2.05, 4.69) is 33.0 Å². The van der Waals surface area contributed by atoms with Gasteiger partial charge in [0, 0.05) is 12.1 Å². The van der Waals surface area contributed by atoms with Gasteiger partial charge < -0.3 is 10.1 Å². The van der Waals surface area contributed by atoms with Crippen molar-refractivity contribution in [1.82, 2.24) is 5.32 Å². The van der Waals surface area contributed by atoms with Gasteiger partial charge in [-0.05, 0) is 52.4 Å². The molecule has 124 valence electrons. The van der Waals surface area contributed by atoms with Gasteiger partial charge in [0.15, 0.2) is 0 Å². The van der Waals surface area contributed by atoms with Crippen molar-refractivity contribution in [3.63, 3.8) is 0 Å². The summed E-state index contributed by atoms with van der Waals surface area (Å²) >= 11 is 0. The van der Waals surface area contributed by atoms with Gasteiger partial charge in [0.25, 0.3) is 0 Å². The third kappa shape index (κ3) is 5.56. The van der Waals surface area contributed by atoms with E-state index in [9.17, 15) is 0 Å². The Morgan fingerprint density at radius 2 is 1.76 bits per heavy atom. The van der Waals surface area contributed by atoms with Crippen LogP contribution in [0, 0.1) is 5.92 Å². The summed E-state index contributed by atoms with van der Waals surface area (Å²) in [6, 6.07) is 0. The van der Waals surface area contributed by atoms with Crippen molar-refractivity contribution in [1.29, 1.82) is 0 Å². The summed E-state index contributed by atoms with van der Waals surface area (Å²) in [6.07, 6.45) is 13.8. The van der Waals surface area contributed by atoms with Gasteiger partial charge in [-0.25, -0.2) is 0 Å². The number of ether oxygens (including phenoxy) is 1. The predicted octanol–water partition coefficient (Wildman–Crippen LogP) is 5.06. The fourth-order valence-electron chi connectivity index (χ4n) is 4.03. The monoisotopic (exact) mass is 295 g/mol. The molecule has 2 atom stereocenters. The molecule has 0 aromatic carbocycles. The summed E-state index contributed by atoms with van der Waals surface area (Å²) in [7, 11) is 0. The second-order valence-electron chi connectivity index (χ2n) is 8.53. The molecule has 2 unspecified atom stereocenters. The number of hydrogen-bond acceptors (Lipinski definition) is 2. The molecule has 0 spiro atoms. The molecule has 0 aromatic rings. The third-order valence-electron chi connectivity index (χ3n) is 5.43. The maximum Gasteiger partial charge on any atom is 0.0810 e. The Hall–Kier alpha value is -0.0800. The lowest BCUT2D eigenvalue weighted by Crippen LogP contribution is -2.52. The Bertz CT molecular complexity index is 301. The molecule has 0 amide bonds. The van der Waals surface area contributed by atoms with Crippen LogP contribution in [-0.2, 0) is 4.74 Å². The zero-order chi connectivity index (χ0) is 15.3. The van der Waals surface area contributed by atoms with Crippen LogP contribution in [0.3, 0.4) is 0 Å². The van der Waals surface area contributed by atoms with Crippen molar-refractivity contribution in [3.8, 4) is 0 Å². The lowest BCUT2D eigenvalue weighted by molar-refractivity contribution is -0.129. The van der Waals surface area contributed by atoms with Gasteiger partial charge in [-0.3, -0.25) is 0 Å². The van der Waals surface area contributed by atoms with Crippen molar-refractivity contribution >= 4 is 0 Å². The molecule has 2 aliphatic rings. The van der Waals surface area contributed by atoms with Gasteiger partial charge in [0.05, 0.1) is 11.7 Å². The minimum Gasteiger partial charge on any atom is -0.370 e. The van der Waals surface area contributed by atoms with E-state index >= 15 is 0 Å². The van der Waals surface area contributed by atoms with E-state index in [0.717, 1.165) is 12.5 Å². The van der Waals surface area contributed by atoms with Gasteiger partial charge in [-0.2, -0.15) is 0 Å². The molecular formula is C19H37NO. The van der Waals surface area contributed by atoms with E-state index in [1.807, 2.05) is 0 Å². The summed E-state index contributed by atoms with van der Waals surface area (Å²) in [5.74, 6) is 0.903. The Kier molecular flexibility index (Phi) is 6.14. The van der Waals surface area contributed by atoms with Crippen molar-refractivity contribution in [3.05, 3.63) is 0 Å². The van der Waals surface area contributed by atoms with E-state index < -0.39 is 0 Å². The summed E-state index contributed by atoms with van der Waals surface area (Å²) in [5.41, 5.74) is 0.304. The van der Waals surface area contributed by atoms with Crippen molar-refractivity contribution < 1.29 is 4.74 Å². The van der Waals surface area contributed by atoms with Gasteiger partial charge in [0.1, 0.15) is 0 Å². The molecule has 2 rings (SSSR count). The maximum atomic E-state index is 6.78. The highest BCUT2D eigenvalue weighted by atomic mass is 16.5. The van der Waals surface area contributed by atoms with Gasteiger partial charge >= 0.3 is 0 Å². The first kappa shape index (κ1) is 17.3. The molecule has 2 nitrogen and oxygen atoms in total. The lowest BCUT2D eigenvalue weighted by Gasteiger charge is -2.43. The highest BCUT2D eigenvalue weighted by Gasteiger charge is 2.37. The van der Waals surface area contributed by atoms with Gasteiger partial charge in [-0.1, -0.05) is 45.4 Å². The Morgan fingerprint density at radius 3 is 2.38 bits per heavy atom. The summed E-state index contributed by atoms with van der Waals surface area (Å²) in [6.45, 7) is 10.2. The average Bonchev–Trinajstić information content (AvgIpc) is 2.46. The molecule has 2 heteroatoms. The van der Waals surface area contributed by atoms with E-state index in [-0.39, 0.29) is 11.1 Å². The zero-order valence-corrected chi connectivity index (χ0v) is 14.8. The molecule has 1 N–H and O–H groups in total. The van der Waals surface area contributed by atoms with Crippen LogP contribution in [0.25, 0.3) is 0 Å². The topological polar surface area (TPSA) is 21.3 Å². The number of nitrogens with one attached hydrogen (secondary N) is 1. The first-order valence-electron chi connectivity index (χ1n) is 9.35. The molecule has 2 saturated carbocycles. The summed E-state index contributed by atoms with van der Waals surface area (Å²) in [5, 5.41) is 3.72. The van der Waals surface area contributed by atoms with Crippen molar-refractivity contribution in [2.45, 2.75) is 109 Å². The quantitative estimate of drug-likeness (QED) is 0.765. The summed E-state index contributed by atoms with van der Waals surface area (Å²) in [4.78, 5) is 0. The fraction of sp³-hybridized carbons (Fsp3) is 1.00. The van der Waals surface area contributed by atoms with Crippen LogP contribution in [0.4, 0.5) is 0 Å². The molecule has 0 radical (unpaired) electrons. The van der Waals surface area contributed by atoms with Crippen LogP contribution >= 0.6 is 0 Å². The number of hydrogen-bond donors (Lipinski definition) is 1. The first-order chi connectivity index (χ1) is 9.92. The van der Waals surface area contributed by atoms with Crippen LogP contribution in [-0.4, -0.2) is 23.8 Å². The molecule has 2 aliphatic carbocycles. The third-order valence-corrected chi connectivity index (χ3v) is 5.43. The van der Waals surface area contributed by atoms with E-state index in [1.165, 1.54) is 64.2 Å². The minimum absolute atomic E-state index is 0.117. The Labute approximate surface area is 132 Å². The van der Waals surface area contributed by atoms with Crippen LogP contribution in [0.1, 0.15) is 91.9 Å². The molecule has 0 heterocycles. The number of rotatable bonds is 5. The smallest absolute Gasteiger partial charge is 0.0810 e. The normalized spacial score (nSPS) is 30.3. The summed E-state index contributed by atoms with van der Waals surface area (Å²) < 4.78 is 6.78. The van der Waals surface area contributed by atoms with Gasteiger partial charge in [0.2, 0.25) is 0 Å². The predicted molar refractivity (Wildman–Crippen MR) is 90.7 cm³/mol. The Balaban J connectivity index is 1.95. The largest absolute Gasteiger partial charge is 0.370 e. The molecule has 0 bridgehead atoms. The molecule has 2 fully saturated rings. The van der Waals surface area contributed by atoms with Crippen LogP contribution in [0.15, 0.2) is 0 Å². The zero-order valence-electron chi connectivity index (χ0n) is 14.8. The molecule has 21 heavy (non-hydrogen) atoms. The van der Waals surface area contributed by atoms with E-state index in [4.69, 9.17) is 4.74 Å². The first-order valence-corrected chi connectivity index (χ1v) is 9.35. The molecule has 0 aliphatic heterocycles. The second kappa shape index (κ2) is 7.46. The molecule has 0 saturated heterocycles. The van der Waals surface area contributed by atoms with Crippen molar-refractivity contribution in [2.24, 2.45) is 5.92 Å². The minimum atomic E-state index is 0.117. The Morgan fingerprint density at radius 1 is 1.05 bits per heavy atom. The van der Waals surface area contributed by atoms with Crippen molar-refractivity contribution in [2.75, 3.05) is 6.54 Å². The molecule has 0 aromatic heterocycles. The van der Waals surface area contributed by atoms with Crippen LogP contribution < -0.4 is 5.32 Å². The van der Waals surface area contributed by atoms with Crippen LogP contribution in [0.5, 0.6) is 0 Å². The lowest BCUT2D eigenvalue weighted by atomic mass is 9.81. The standard InChI is InChI=1S/C19H37NO/c1-5-16-10-9-11-17(14-16)21-19(12-7-6-8-13-19)15-20-18(2,3)4/h16-17,20H,5-15H2,1-4H3. The van der Waals surface area contributed by atoms with E-state index in [0.29, 0.717) is 6.10 Å². The molecular weight excluding hydrogens is 258 g/mol. The maximum absolute atomic E-state index is 6.78. The average molecular weight is 296 g/mol. The van der Waals surface area contributed by atoms with Crippen LogP contribution in [0.2, 0.25) is 0 Å². The van der Waals surface area contributed by atoms with Gasteiger partial charge in [-0.15, -0.1) is 0 Å². The fourth-order valence-corrected chi connectivity index (χ4v) is 4.03. The highest BCUT2D eigenvalue weighted by Crippen LogP contribution is 2.37. The van der Waals surface area contributed by atoms with E-state index in [1.54, 1.807) is 0 Å². The highest BCUT2D eigenvalue weighted by molar-refractivity contribution is 4.91.